The van der Waals surface area contributed by atoms with Gasteiger partial charge in [0.1, 0.15) is 29.7 Å². The van der Waals surface area contributed by atoms with Crippen LogP contribution in [0, 0.1) is 0 Å². The molecule has 5 rings (SSSR count). The number of nitrogens with two attached hydrogens (primary N) is 5. The number of unbranched alkanes of at least 4 members (excludes halogenated alkanes) is 1. The number of rotatable bonds is 26. The Morgan fingerprint density at radius 2 is 1.36 bits per heavy atom. The summed E-state index contributed by atoms with van der Waals surface area (Å²) in [6.45, 7) is 2.21. The Balaban J connectivity index is 1.47. The van der Waals surface area contributed by atoms with Gasteiger partial charge in [0.25, 0.3) is 0 Å². The Bertz CT molecular complexity index is 2440. The van der Waals surface area contributed by atoms with Crippen LogP contribution in [-0.4, -0.2) is 106 Å². The molecule has 17 N–H and O–H groups in total. The molecule has 0 saturated heterocycles. The molecule has 1 saturated carbocycles. The highest BCUT2D eigenvalue weighted by molar-refractivity contribution is 5.99. The molecule has 0 radical (unpaired) electrons. The number of carbonyl (C=O) groups is 7. The van der Waals surface area contributed by atoms with Crippen LogP contribution in [0.5, 0.6) is 0 Å². The first-order chi connectivity index (χ1) is 33.5. The van der Waals surface area contributed by atoms with Gasteiger partial charge in [-0.1, -0.05) is 85.8 Å². The molecule has 4 aromatic rings. The average Bonchev–Trinajstić information content (AvgIpc) is 3.78. The molecule has 70 heavy (non-hydrogen) atoms. The summed E-state index contributed by atoms with van der Waals surface area (Å²) in [6.07, 6.45) is 3.72. The van der Waals surface area contributed by atoms with Gasteiger partial charge < -0.3 is 65.3 Å². The number of aromatic amines is 1. The van der Waals surface area contributed by atoms with Gasteiger partial charge >= 0.3 is 5.97 Å². The number of amides is 6. The van der Waals surface area contributed by atoms with Crippen LogP contribution in [-0.2, 0) is 40.0 Å². The van der Waals surface area contributed by atoms with Gasteiger partial charge in [-0.15, -0.1) is 0 Å². The van der Waals surface area contributed by atoms with Crippen LogP contribution in [0.25, 0.3) is 10.9 Å². The van der Waals surface area contributed by atoms with E-state index >= 15 is 0 Å². The summed E-state index contributed by atoms with van der Waals surface area (Å²) in [5.41, 5.74) is 30.2. The first-order valence-corrected chi connectivity index (χ1v) is 23.7. The number of guanidine groups is 1. The first kappa shape index (κ1) is 53.6. The van der Waals surface area contributed by atoms with Crippen LogP contribution in [0.1, 0.15) is 99.7 Å². The Labute approximate surface area is 407 Å². The largest absolute Gasteiger partial charge is 0.481 e. The topological polar surface area (TPSA) is 358 Å². The monoisotopic (exact) mass is 965 g/mol. The van der Waals surface area contributed by atoms with Crippen molar-refractivity contribution < 1.29 is 38.7 Å². The maximum absolute atomic E-state index is 14.8. The Morgan fingerprint density at radius 1 is 0.743 bits per heavy atom. The second-order valence-corrected chi connectivity index (χ2v) is 18.0. The van der Waals surface area contributed by atoms with Crippen LogP contribution in [0.4, 0.5) is 0 Å². The smallest absolute Gasteiger partial charge is 0.305 e. The zero-order valence-corrected chi connectivity index (χ0v) is 39.5. The quantitative estimate of drug-likeness (QED) is 0.0240. The summed E-state index contributed by atoms with van der Waals surface area (Å²) in [7, 11) is 0. The van der Waals surface area contributed by atoms with Crippen molar-refractivity contribution in [3.05, 3.63) is 108 Å². The molecule has 20 nitrogen and oxygen atoms in total. The minimum absolute atomic E-state index is 0.0263. The number of benzene rings is 3. The Hall–Kier alpha value is -7.32. The minimum Gasteiger partial charge on any atom is -0.481 e. The van der Waals surface area contributed by atoms with Crippen molar-refractivity contribution in [3.63, 3.8) is 0 Å². The molecule has 1 aliphatic rings. The fourth-order valence-electron chi connectivity index (χ4n) is 8.95. The fraction of sp³-hybridized carbons (Fsp3) is 0.440. The molecule has 0 spiro atoms. The number of aromatic nitrogens is 1. The highest BCUT2D eigenvalue weighted by Crippen LogP contribution is 2.38. The average molecular weight is 965 g/mol. The molecule has 0 aliphatic heterocycles. The third-order valence-electron chi connectivity index (χ3n) is 12.9. The summed E-state index contributed by atoms with van der Waals surface area (Å²) < 4.78 is 0. The van der Waals surface area contributed by atoms with E-state index in [-0.39, 0.29) is 56.9 Å². The van der Waals surface area contributed by atoms with Crippen LogP contribution >= 0.6 is 0 Å². The van der Waals surface area contributed by atoms with Gasteiger partial charge in [-0.2, -0.15) is 0 Å². The molecule has 0 unspecified atom stereocenters. The van der Waals surface area contributed by atoms with Gasteiger partial charge in [-0.3, -0.25) is 38.6 Å². The number of carboxylic acid groups (broad SMARTS) is 1. The number of para-hydroxylation sites is 1. The number of carbonyl (C=O) groups excluding carboxylic acids is 6. The molecule has 6 amide bonds. The van der Waals surface area contributed by atoms with E-state index in [1.807, 2.05) is 54.6 Å². The standard InChI is InChI=1S/C50H68N12O8/c1-30(35-29-57-37-18-9-8-17-34(35)37)42(47(69)58-38(43(53)65)19-10-11-25-51)61-45(67)39(20-12-26-56-49(54)55)59-46(68)40(27-31-13-4-2-5-14-31)60-48(70)50(62-44(66)36(52)28-41(63)64)23-21-33(22-24-50)32-15-6-3-7-16-32/h2-9,13-18,29-30,33,36,38-40,42,57H,10-12,19-28,51-52H2,1H3,(H2,53,65)(H,58,69)(H,59,68)(H,60,70)(H,61,67)(H,62,66)(H,63,64)(H4,54,55,56)/t30-,33?,36-,38-,39-,40+,42-,50?/m0/s1. The second-order valence-electron chi connectivity index (χ2n) is 18.0. The Kier molecular flexibility index (Phi) is 19.8. The molecule has 1 heterocycles. The van der Waals surface area contributed by atoms with E-state index in [2.05, 4.69) is 36.6 Å². The van der Waals surface area contributed by atoms with Crippen molar-refractivity contribution in [2.75, 3.05) is 13.1 Å². The molecule has 20 heteroatoms. The van der Waals surface area contributed by atoms with Gasteiger partial charge in [0.2, 0.25) is 35.4 Å². The fourth-order valence-corrected chi connectivity index (χ4v) is 8.95. The molecule has 1 aliphatic carbocycles. The van der Waals surface area contributed by atoms with Gasteiger partial charge in [-0.25, -0.2) is 0 Å². The summed E-state index contributed by atoms with van der Waals surface area (Å²) >= 11 is 0. The van der Waals surface area contributed by atoms with E-state index in [0.29, 0.717) is 43.4 Å². The molecule has 376 valence electrons. The van der Waals surface area contributed by atoms with Gasteiger partial charge in [0.05, 0.1) is 12.5 Å². The number of aliphatic imine (C=N–C) groups is 1. The molecule has 1 fully saturated rings. The number of nitrogens with zero attached hydrogens (tertiary/aromatic N) is 1. The number of aliphatic carboxylic acids is 1. The molecular weight excluding hydrogens is 897 g/mol. The van der Waals surface area contributed by atoms with Crippen molar-refractivity contribution in [2.24, 2.45) is 33.7 Å². The molecular formula is C50H68N12O8. The molecule has 1 aromatic heterocycles. The molecule has 3 aromatic carbocycles. The maximum atomic E-state index is 14.8. The summed E-state index contributed by atoms with van der Waals surface area (Å²) in [4.78, 5) is 103. The van der Waals surface area contributed by atoms with Gasteiger partial charge in [-0.05, 0) is 93.0 Å². The lowest BCUT2D eigenvalue weighted by Gasteiger charge is -2.41. The lowest BCUT2D eigenvalue weighted by atomic mass is 9.73. The lowest BCUT2D eigenvalue weighted by Crippen LogP contribution is -2.65. The molecule has 0 bridgehead atoms. The number of carboxylic acids is 1. The number of primary amides is 1. The van der Waals surface area contributed by atoms with Gasteiger partial charge in [0.15, 0.2) is 5.96 Å². The number of hydrogen-bond donors (Lipinski definition) is 12. The van der Waals surface area contributed by atoms with E-state index in [1.165, 1.54) is 0 Å². The normalized spacial score (nSPS) is 18.1. The number of nitrogens with one attached hydrogen (secondary N) is 6. The summed E-state index contributed by atoms with van der Waals surface area (Å²) in [6, 6.07) is 19.5. The van der Waals surface area contributed by atoms with Crippen molar-refractivity contribution in [3.8, 4) is 0 Å². The van der Waals surface area contributed by atoms with Crippen molar-refractivity contribution in [2.45, 2.75) is 125 Å². The lowest BCUT2D eigenvalue weighted by molar-refractivity contribution is -0.141. The van der Waals surface area contributed by atoms with Crippen molar-refractivity contribution >= 4 is 58.3 Å². The van der Waals surface area contributed by atoms with E-state index in [4.69, 9.17) is 28.7 Å². The maximum Gasteiger partial charge on any atom is 0.305 e. The zero-order valence-electron chi connectivity index (χ0n) is 39.5. The van der Waals surface area contributed by atoms with Crippen LogP contribution in [0.15, 0.2) is 96.1 Å². The second kappa shape index (κ2) is 25.9. The third-order valence-corrected chi connectivity index (χ3v) is 12.9. The molecule has 6 atom stereocenters. The number of H-pyrrole nitrogens is 1. The van der Waals surface area contributed by atoms with E-state index in [0.717, 1.165) is 16.5 Å². The van der Waals surface area contributed by atoms with E-state index in [9.17, 15) is 38.7 Å². The van der Waals surface area contributed by atoms with E-state index < -0.39 is 89.5 Å². The third kappa shape index (κ3) is 15.1. The Morgan fingerprint density at radius 3 is 2.00 bits per heavy atom. The number of fused-ring (bicyclic) bond motifs is 1. The predicted octanol–water partition coefficient (Wildman–Crippen LogP) is 1.14. The summed E-state index contributed by atoms with van der Waals surface area (Å²) in [5, 5.41) is 24.3. The zero-order chi connectivity index (χ0) is 50.8. The van der Waals surface area contributed by atoms with Crippen LogP contribution in [0.3, 0.4) is 0 Å². The van der Waals surface area contributed by atoms with Crippen molar-refractivity contribution in [1.82, 2.24) is 31.6 Å². The van der Waals surface area contributed by atoms with Crippen LogP contribution < -0.4 is 55.3 Å². The first-order valence-electron chi connectivity index (χ1n) is 23.7. The highest BCUT2D eigenvalue weighted by Gasteiger charge is 2.45. The minimum atomic E-state index is -1.59. The van der Waals surface area contributed by atoms with E-state index in [1.54, 1.807) is 43.5 Å². The predicted molar refractivity (Wildman–Crippen MR) is 265 cm³/mol. The highest BCUT2D eigenvalue weighted by atomic mass is 16.4. The van der Waals surface area contributed by atoms with Crippen LogP contribution in [0.2, 0.25) is 0 Å². The van der Waals surface area contributed by atoms with Crippen molar-refractivity contribution in [1.29, 1.82) is 0 Å². The summed E-state index contributed by atoms with van der Waals surface area (Å²) in [5.74, 6) is -6.64. The number of hydrogen-bond acceptors (Lipinski definition) is 10. The van der Waals surface area contributed by atoms with Gasteiger partial charge in [0, 0.05) is 36.0 Å². The SMILES string of the molecule is C[C@@H](c1c[nH]c2ccccc12)[C@H](NC(=O)[C@H](CCCN=C(N)N)NC(=O)[C@@H](Cc1ccccc1)NC(=O)C1(NC(=O)[C@@H](N)CC(=O)O)CCC(c2ccccc2)CC1)C(=O)N[C@@H](CCCCN)C(N)=O.